The average Bonchev–Trinajstić information content (AvgIpc) is 3.17. The van der Waals surface area contributed by atoms with Gasteiger partial charge in [-0.05, 0) is 19.4 Å². The topological polar surface area (TPSA) is 92.4 Å². The van der Waals surface area contributed by atoms with Crippen LogP contribution in [0.1, 0.15) is 67.3 Å². The van der Waals surface area contributed by atoms with Gasteiger partial charge in [-0.1, -0.05) is 25.9 Å². The highest BCUT2D eigenvalue weighted by Gasteiger charge is 2.29. The number of hydrogen-bond acceptors (Lipinski definition) is 6. The Kier molecular flexibility index (Phi) is 4.36. The SMILES string of the molecule is CC(C)(C)c1cc(CN2CCCC2c2ncc(C(=O)O)cn2)no1. The summed E-state index contributed by atoms with van der Waals surface area (Å²) in [4.78, 5) is 21.7. The Morgan fingerprint density at radius 2 is 2.08 bits per heavy atom. The van der Waals surface area contributed by atoms with Crippen LogP contribution in [0.25, 0.3) is 0 Å². The number of aromatic carboxylic acids is 1. The van der Waals surface area contributed by atoms with Crippen LogP contribution >= 0.6 is 0 Å². The highest BCUT2D eigenvalue weighted by atomic mass is 16.5. The third-order valence-corrected chi connectivity index (χ3v) is 4.24. The van der Waals surface area contributed by atoms with Crippen LogP contribution in [0.5, 0.6) is 0 Å². The summed E-state index contributed by atoms with van der Waals surface area (Å²) in [6.07, 6.45) is 4.75. The lowest BCUT2D eigenvalue weighted by atomic mass is 9.93. The first-order chi connectivity index (χ1) is 11.3. The molecule has 1 aliphatic heterocycles. The molecule has 0 spiro atoms. The fourth-order valence-electron chi connectivity index (χ4n) is 2.88. The van der Waals surface area contributed by atoms with Crippen molar-refractivity contribution in [2.75, 3.05) is 6.54 Å². The second kappa shape index (κ2) is 6.32. The number of carboxylic acid groups (broad SMARTS) is 1. The minimum Gasteiger partial charge on any atom is -0.478 e. The second-order valence-corrected chi connectivity index (χ2v) is 7.20. The van der Waals surface area contributed by atoms with E-state index in [9.17, 15) is 4.79 Å². The van der Waals surface area contributed by atoms with Crippen LogP contribution in [0, 0.1) is 0 Å². The maximum absolute atomic E-state index is 10.9. The summed E-state index contributed by atoms with van der Waals surface area (Å²) in [6.45, 7) is 7.89. The molecule has 1 fully saturated rings. The number of likely N-dealkylation sites (tertiary alicyclic amines) is 1. The molecule has 1 unspecified atom stereocenters. The van der Waals surface area contributed by atoms with Crippen LogP contribution in [0.15, 0.2) is 23.0 Å². The molecule has 0 amide bonds. The van der Waals surface area contributed by atoms with E-state index in [0.29, 0.717) is 12.4 Å². The number of rotatable bonds is 4. The maximum atomic E-state index is 10.9. The minimum absolute atomic E-state index is 0.0641. The van der Waals surface area contributed by atoms with Crippen molar-refractivity contribution < 1.29 is 14.4 Å². The molecule has 1 N–H and O–H groups in total. The molecule has 7 heteroatoms. The maximum Gasteiger partial charge on any atom is 0.338 e. The Morgan fingerprint density at radius 3 is 2.67 bits per heavy atom. The van der Waals surface area contributed by atoms with Crippen molar-refractivity contribution in [1.82, 2.24) is 20.0 Å². The van der Waals surface area contributed by atoms with Gasteiger partial charge in [0.25, 0.3) is 0 Å². The van der Waals surface area contributed by atoms with Crippen molar-refractivity contribution in [3.63, 3.8) is 0 Å². The van der Waals surface area contributed by atoms with E-state index in [4.69, 9.17) is 9.63 Å². The normalized spacial score (nSPS) is 18.9. The Balaban J connectivity index is 1.73. The van der Waals surface area contributed by atoms with Crippen LogP contribution in [-0.4, -0.2) is 37.6 Å². The van der Waals surface area contributed by atoms with Crippen LogP contribution in [0.2, 0.25) is 0 Å². The number of aromatic nitrogens is 3. The molecule has 3 heterocycles. The van der Waals surface area contributed by atoms with E-state index in [-0.39, 0.29) is 17.0 Å². The summed E-state index contributed by atoms with van der Waals surface area (Å²) in [6, 6.07) is 2.09. The third-order valence-electron chi connectivity index (χ3n) is 4.24. The molecule has 1 aliphatic rings. The van der Waals surface area contributed by atoms with Gasteiger partial charge in [0.15, 0.2) is 0 Å². The van der Waals surface area contributed by atoms with Gasteiger partial charge < -0.3 is 9.63 Å². The van der Waals surface area contributed by atoms with Gasteiger partial charge in [-0.25, -0.2) is 14.8 Å². The molecular weight excluding hydrogens is 308 g/mol. The first-order valence-electron chi connectivity index (χ1n) is 8.10. The predicted molar refractivity (Wildman–Crippen MR) is 86.6 cm³/mol. The predicted octanol–water partition coefficient (Wildman–Crippen LogP) is 2.80. The molecule has 0 aliphatic carbocycles. The summed E-state index contributed by atoms with van der Waals surface area (Å²) in [7, 11) is 0. The van der Waals surface area contributed by atoms with Gasteiger partial charge in [-0.3, -0.25) is 4.90 Å². The smallest absolute Gasteiger partial charge is 0.338 e. The molecule has 0 aromatic carbocycles. The van der Waals surface area contributed by atoms with E-state index in [0.717, 1.165) is 30.8 Å². The Bertz CT molecular complexity index is 718. The highest BCUT2D eigenvalue weighted by Crippen LogP contribution is 2.31. The van der Waals surface area contributed by atoms with E-state index in [1.54, 1.807) is 0 Å². The third kappa shape index (κ3) is 3.46. The van der Waals surface area contributed by atoms with E-state index in [2.05, 4.69) is 40.8 Å². The van der Waals surface area contributed by atoms with E-state index in [1.807, 2.05) is 6.07 Å². The van der Waals surface area contributed by atoms with Crippen LogP contribution < -0.4 is 0 Å². The Morgan fingerprint density at radius 1 is 1.38 bits per heavy atom. The van der Waals surface area contributed by atoms with Gasteiger partial charge in [0.1, 0.15) is 11.6 Å². The molecule has 1 saturated heterocycles. The molecule has 0 bridgehead atoms. The molecule has 7 nitrogen and oxygen atoms in total. The number of nitrogens with zero attached hydrogens (tertiary/aromatic N) is 4. The first kappa shape index (κ1) is 16.6. The Labute approximate surface area is 140 Å². The van der Waals surface area contributed by atoms with Gasteiger partial charge in [-0.2, -0.15) is 0 Å². The molecule has 128 valence electrons. The standard InChI is InChI=1S/C17H22N4O3/c1-17(2,3)14-7-12(20-24-14)10-21-6-4-5-13(21)15-18-8-11(9-19-15)16(22)23/h7-9,13H,4-6,10H2,1-3H3,(H,22,23). The zero-order chi connectivity index (χ0) is 17.3. The lowest BCUT2D eigenvalue weighted by Crippen LogP contribution is -2.24. The Hall–Kier alpha value is -2.28. The molecule has 0 saturated carbocycles. The van der Waals surface area contributed by atoms with Gasteiger partial charge in [0.05, 0.1) is 17.3 Å². The van der Waals surface area contributed by atoms with E-state index < -0.39 is 5.97 Å². The fraction of sp³-hybridized carbons (Fsp3) is 0.529. The van der Waals surface area contributed by atoms with Gasteiger partial charge >= 0.3 is 5.97 Å². The largest absolute Gasteiger partial charge is 0.478 e. The quantitative estimate of drug-likeness (QED) is 0.921. The zero-order valence-corrected chi connectivity index (χ0v) is 14.2. The average molecular weight is 330 g/mol. The van der Waals surface area contributed by atoms with Crippen molar-refractivity contribution in [3.8, 4) is 0 Å². The molecule has 1 atom stereocenters. The van der Waals surface area contributed by atoms with Crippen LogP contribution in [0.3, 0.4) is 0 Å². The fourth-order valence-corrected chi connectivity index (χ4v) is 2.88. The van der Waals surface area contributed by atoms with E-state index in [1.165, 1.54) is 12.4 Å². The number of hydrogen-bond donors (Lipinski definition) is 1. The van der Waals surface area contributed by atoms with Crippen molar-refractivity contribution >= 4 is 5.97 Å². The van der Waals surface area contributed by atoms with Gasteiger partial charge in [0, 0.05) is 30.4 Å². The summed E-state index contributed by atoms with van der Waals surface area (Å²) in [5, 5.41) is 13.1. The first-order valence-corrected chi connectivity index (χ1v) is 8.10. The van der Waals surface area contributed by atoms with Crippen molar-refractivity contribution in [3.05, 3.63) is 41.3 Å². The molecule has 0 radical (unpaired) electrons. The second-order valence-electron chi connectivity index (χ2n) is 7.20. The summed E-state index contributed by atoms with van der Waals surface area (Å²) < 4.78 is 5.45. The molecule has 3 rings (SSSR count). The summed E-state index contributed by atoms with van der Waals surface area (Å²) in [5.41, 5.74) is 0.939. The summed E-state index contributed by atoms with van der Waals surface area (Å²) >= 11 is 0. The van der Waals surface area contributed by atoms with Gasteiger partial charge in [0.2, 0.25) is 0 Å². The zero-order valence-electron chi connectivity index (χ0n) is 14.2. The van der Waals surface area contributed by atoms with Gasteiger partial charge in [-0.15, -0.1) is 0 Å². The molecule has 2 aromatic rings. The molecule has 2 aromatic heterocycles. The lowest BCUT2D eigenvalue weighted by molar-refractivity contribution is 0.0695. The molecular formula is C17H22N4O3. The lowest BCUT2D eigenvalue weighted by Gasteiger charge is -2.22. The van der Waals surface area contributed by atoms with Crippen LogP contribution in [-0.2, 0) is 12.0 Å². The van der Waals surface area contributed by atoms with Crippen molar-refractivity contribution in [1.29, 1.82) is 0 Å². The summed E-state index contributed by atoms with van der Waals surface area (Å²) in [5.74, 6) is 0.523. The van der Waals surface area contributed by atoms with Crippen molar-refractivity contribution in [2.45, 2.75) is 51.6 Å². The number of carboxylic acids is 1. The van der Waals surface area contributed by atoms with Crippen LogP contribution in [0.4, 0.5) is 0 Å². The van der Waals surface area contributed by atoms with Crippen molar-refractivity contribution in [2.24, 2.45) is 0 Å². The monoisotopic (exact) mass is 330 g/mol. The highest BCUT2D eigenvalue weighted by molar-refractivity contribution is 5.86. The minimum atomic E-state index is -1.01. The number of carbonyl (C=O) groups is 1. The molecule has 24 heavy (non-hydrogen) atoms. The van der Waals surface area contributed by atoms with E-state index >= 15 is 0 Å².